The Labute approximate surface area is 137 Å². The molecule has 0 radical (unpaired) electrons. The van der Waals surface area contributed by atoms with E-state index in [1.807, 2.05) is 18.2 Å². The van der Waals surface area contributed by atoms with Crippen molar-refractivity contribution in [3.05, 3.63) is 24.3 Å². The maximum atomic E-state index is 6.45. The summed E-state index contributed by atoms with van der Waals surface area (Å²) >= 11 is 0. The molecule has 0 fully saturated rings. The Morgan fingerprint density at radius 1 is 1.17 bits per heavy atom. The number of nitrogens with two attached hydrogens (primary N) is 2. The first-order chi connectivity index (χ1) is 11.0. The molecule has 0 bridgehead atoms. The zero-order valence-corrected chi connectivity index (χ0v) is 14.2. The molecule has 0 spiro atoms. The number of guanidine groups is 1. The first kappa shape index (κ1) is 15.7. The number of para-hydroxylation sites is 1. The second-order valence-electron chi connectivity index (χ2n) is 6.80. The normalized spacial score (nSPS) is 20.1. The van der Waals surface area contributed by atoms with Crippen molar-refractivity contribution in [3.63, 3.8) is 0 Å². The Balaban J connectivity index is 2.30. The molecule has 2 aromatic rings. The van der Waals surface area contributed by atoms with E-state index in [2.05, 4.69) is 36.8 Å². The van der Waals surface area contributed by atoms with Gasteiger partial charge in [0.1, 0.15) is 0 Å². The molecular formula is C18H26N5+. The topological polar surface area (TPSA) is 77.3 Å². The van der Waals surface area contributed by atoms with Crippen molar-refractivity contribution < 1.29 is 0 Å². The average Bonchev–Trinajstić information content (AvgIpc) is 2.79. The van der Waals surface area contributed by atoms with Crippen LogP contribution in [0, 0.1) is 5.92 Å². The predicted octanol–water partition coefficient (Wildman–Crippen LogP) is 3.54. The molecule has 23 heavy (non-hydrogen) atoms. The second-order valence-corrected chi connectivity index (χ2v) is 6.80. The number of benzene rings is 1. The summed E-state index contributed by atoms with van der Waals surface area (Å²) in [7, 11) is 0. The molecule has 5 heteroatoms. The standard InChI is InChI=1S/C18H26N5/c1-4-5-10-23(11-12(2)3)16-13-8-6-7-9-14(13)21-17(19)15(16)22-18(23)20/h6-9,12H,4-5,10-11H2,1-3H3,(H2,19,21)(H2,20,22)/q+1. The van der Waals surface area contributed by atoms with E-state index in [-0.39, 0.29) is 0 Å². The molecule has 2 heterocycles. The Kier molecular flexibility index (Phi) is 3.98. The minimum atomic E-state index is 0.474. The summed E-state index contributed by atoms with van der Waals surface area (Å²) in [4.78, 5) is 9.15. The molecule has 1 unspecified atom stereocenters. The highest BCUT2D eigenvalue weighted by Crippen LogP contribution is 2.47. The molecular weight excluding hydrogens is 286 g/mol. The van der Waals surface area contributed by atoms with Gasteiger partial charge in [-0.05, 0) is 18.6 Å². The zero-order valence-electron chi connectivity index (χ0n) is 14.2. The van der Waals surface area contributed by atoms with E-state index in [9.17, 15) is 0 Å². The highest BCUT2D eigenvalue weighted by Gasteiger charge is 2.45. The van der Waals surface area contributed by atoms with E-state index < -0.39 is 0 Å². The number of nitrogen functional groups attached to an aromatic ring is 1. The molecule has 0 aliphatic carbocycles. The molecule has 1 aliphatic rings. The number of quaternary nitrogens is 1. The minimum Gasteiger partial charge on any atom is -0.382 e. The van der Waals surface area contributed by atoms with Crippen LogP contribution in [-0.4, -0.2) is 24.0 Å². The summed E-state index contributed by atoms with van der Waals surface area (Å²) in [5.41, 5.74) is 15.5. The fourth-order valence-corrected chi connectivity index (χ4v) is 3.63. The molecule has 1 aromatic carbocycles. The number of hydrogen-bond acceptors (Lipinski definition) is 4. The molecule has 1 atom stereocenters. The molecule has 4 N–H and O–H groups in total. The van der Waals surface area contributed by atoms with Crippen LogP contribution in [0.15, 0.2) is 29.3 Å². The van der Waals surface area contributed by atoms with E-state index in [0.29, 0.717) is 22.2 Å². The maximum absolute atomic E-state index is 6.45. The number of unbranched alkanes of at least 4 members (excludes halogenated alkanes) is 1. The van der Waals surface area contributed by atoms with E-state index in [1.54, 1.807) is 0 Å². The summed E-state index contributed by atoms with van der Waals surface area (Å²) < 4.78 is 0.605. The smallest absolute Gasteiger partial charge is 0.305 e. The summed E-state index contributed by atoms with van der Waals surface area (Å²) in [5.74, 6) is 1.62. The van der Waals surface area contributed by atoms with Gasteiger partial charge in [0.2, 0.25) is 0 Å². The zero-order chi connectivity index (χ0) is 16.6. The summed E-state index contributed by atoms with van der Waals surface area (Å²) in [5, 5.41) is 1.11. The van der Waals surface area contributed by atoms with Gasteiger partial charge < -0.3 is 11.5 Å². The van der Waals surface area contributed by atoms with Crippen LogP contribution in [-0.2, 0) is 0 Å². The Bertz CT molecular complexity index is 765. The lowest BCUT2D eigenvalue weighted by molar-refractivity contribution is 0.358. The molecule has 0 amide bonds. The highest BCUT2D eigenvalue weighted by molar-refractivity contribution is 6.11. The number of rotatable bonds is 5. The quantitative estimate of drug-likeness (QED) is 0.829. The average molecular weight is 312 g/mol. The lowest BCUT2D eigenvalue weighted by Crippen LogP contribution is -2.58. The minimum absolute atomic E-state index is 0.474. The van der Waals surface area contributed by atoms with Crippen LogP contribution in [0.4, 0.5) is 17.2 Å². The van der Waals surface area contributed by atoms with Crippen LogP contribution < -0.4 is 16.0 Å². The van der Waals surface area contributed by atoms with Gasteiger partial charge in [0, 0.05) is 5.92 Å². The van der Waals surface area contributed by atoms with Crippen molar-refractivity contribution in [1.29, 1.82) is 0 Å². The van der Waals surface area contributed by atoms with Gasteiger partial charge in [0.15, 0.2) is 17.2 Å². The molecule has 122 valence electrons. The summed E-state index contributed by atoms with van der Waals surface area (Å²) in [6.07, 6.45) is 2.22. The van der Waals surface area contributed by atoms with Gasteiger partial charge in [-0.2, -0.15) is 4.99 Å². The van der Waals surface area contributed by atoms with Crippen molar-refractivity contribution in [2.24, 2.45) is 16.6 Å². The van der Waals surface area contributed by atoms with Gasteiger partial charge >= 0.3 is 5.96 Å². The third kappa shape index (κ3) is 2.45. The number of aliphatic imine (C=N–C) groups is 1. The van der Waals surface area contributed by atoms with E-state index >= 15 is 0 Å². The number of pyridine rings is 1. The summed E-state index contributed by atoms with van der Waals surface area (Å²) in [6, 6.07) is 8.14. The van der Waals surface area contributed by atoms with Crippen LogP contribution in [0.3, 0.4) is 0 Å². The van der Waals surface area contributed by atoms with Gasteiger partial charge in [-0.15, -0.1) is 0 Å². The molecule has 1 aliphatic heterocycles. The Morgan fingerprint density at radius 3 is 2.61 bits per heavy atom. The molecule has 5 nitrogen and oxygen atoms in total. The first-order valence-corrected chi connectivity index (χ1v) is 8.40. The van der Waals surface area contributed by atoms with Gasteiger partial charge in [-0.1, -0.05) is 39.3 Å². The van der Waals surface area contributed by atoms with Crippen LogP contribution in [0.5, 0.6) is 0 Å². The van der Waals surface area contributed by atoms with Crippen molar-refractivity contribution in [2.75, 3.05) is 18.8 Å². The van der Waals surface area contributed by atoms with Crippen molar-refractivity contribution in [2.45, 2.75) is 33.6 Å². The van der Waals surface area contributed by atoms with Crippen LogP contribution in [0.2, 0.25) is 0 Å². The second kappa shape index (κ2) is 5.81. The highest BCUT2D eigenvalue weighted by atomic mass is 15.5. The van der Waals surface area contributed by atoms with Crippen LogP contribution >= 0.6 is 0 Å². The van der Waals surface area contributed by atoms with Crippen molar-refractivity contribution in [1.82, 2.24) is 9.47 Å². The monoisotopic (exact) mass is 312 g/mol. The van der Waals surface area contributed by atoms with Gasteiger partial charge in [-0.25, -0.2) is 9.47 Å². The van der Waals surface area contributed by atoms with Crippen LogP contribution in [0.1, 0.15) is 33.6 Å². The number of nitrogens with zero attached hydrogens (tertiary/aromatic N) is 3. The van der Waals surface area contributed by atoms with E-state index in [4.69, 9.17) is 11.5 Å². The van der Waals surface area contributed by atoms with E-state index in [1.165, 1.54) is 0 Å². The van der Waals surface area contributed by atoms with Gasteiger partial charge in [-0.3, -0.25) is 0 Å². The van der Waals surface area contributed by atoms with Gasteiger partial charge in [0.05, 0.1) is 24.0 Å². The fraction of sp³-hybridized carbons (Fsp3) is 0.444. The van der Waals surface area contributed by atoms with Crippen molar-refractivity contribution >= 4 is 34.1 Å². The third-order valence-electron chi connectivity index (χ3n) is 4.53. The number of hydrogen-bond donors (Lipinski definition) is 2. The maximum Gasteiger partial charge on any atom is 0.305 e. The number of aromatic nitrogens is 1. The lowest BCUT2D eigenvalue weighted by Gasteiger charge is -2.35. The largest absolute Gasteiger partial charge is 0.382 e. The SMILES string of the molecule is CCCC[N+]1(CC(C)C)C(N)=Nc2c(N)nc3ccccc3c21. The predicted molar refractivity (Wildman–Crippen MR) is 98.7 cm³/mol. The Morgan fingerprint density at radius 2 is 1.91 bits per heavy atom. The van der Waals surface area contributed by atoms with Crippen LogP contribution in [0.25, 0.3) is 10.9 Å². The van der Waals surface area contributed by atoms with Gasteiger partial charge in [0.25, 0.3) is 0 Å². The summed E-state index contributed by atoms with van der Waals surface area (Å²) in [6.45, 7) is 8.53. The number of anilines is 1. The Hall–Kier alpha value is -2.14. The molecule has 3 rings (SSSR count). The molecule has 1 aromatic heterocycles. The molecule has 0 saturated heterocycles. The third-order valence-corrected chi connectivity index (χ3v) is 4.53. The molecule has 0 saturated carbocycles. The van der Waals surface area contributed by atoms with Crippen molar-refractivity contribution in [3.8, 4) is 0 Å². The fourth-order valence-electron chi connectivity index (χ4n) is 3.63. The first-order valence-electron chi connectivity index (χ1n) is 8.40. The number of fused-ring (bicyclic) bond motifs is 3. The van der Waals surface area contributed by atoms with E-state index in [0.717, 1.165) is 48.2 Å². The lowest BCUT2D eigenvalue weighted by atomic mass is 10.1.